The van der Waals surface area contributed by atoms with Gasteiger partial charge in [0.15, 0.2) is 0 Å². The lowest BCUT2D eigenvalue weighted by atomic mass is 9.98. The summed E-state index contributed by atoms with van der Waals surface area (Å²) >= 11 is 0. The van der Waals surface area contributed by atoms with Crippen molar-refractivity contribution in [2.75, 3.05) is 20.1 Å². The van der Waals surface area contributed by atoms with Crippen LogP contribution in [-0.4, -0.2) is 45.0 Å². The Bertz CT molecular complexity index is 1540. The van der Waals surface area contributed by atoms with Crippen molar-refractivity contribution in [3.8, 4) is 33.6 Å². The molecule has 0 aliphatic carbocycles. The first kappa shape index (κ1) is 22.5. The second-order valence-corrected chi connectivity index (χ2v) is 10.5. The summed E-state index contributed by atoms with van der Waals surface area (Å²) in [5.41, 5.74) is 6.93. The summed E-state index contributed by atoms with van der Waals surface area (Å²) in [5.74, 6) is 2.12. The Hall–Kier alpha value is -3.74. The van der Waals surface area contributed by atoms with Gasteiger partial charge in [-0.15, -0.1) is 0 Å². The molecule has 0 bridgehead atoms. The number of nitrogens with zero attached hydrogens (tertiary/aromatic N) is 3. The van der Waals surface area contributed by atoms with Crippen LogP contribution in [-0.2, 0) is 0 Å². The Kier molecular flexibility index (Phi) is 5.64. The van der Waals surface area contributed by atoms with Gasteiger partial charge in [-0.3, -0.25) is 4.90 Å². The van der Waals surface area contributed by atoms with Crippen LogP contribution in [0.5, 0.6) is 0 Å². The minimum absolute atomic E-state index is 0.354. The minimum Gasteiger partial charge on any atom is -0.341 e. The number of aromatic nitrogens is 4. The van der Waals surface area contributed by atoms with Gasteiger partial charge in [-0.1, -0.05) is 48.5 Å². The molecule has 0 saturated carbocycles. The topological polar surface area (TPSA) is 72.6 Å². The summed E-state index contributed by atoms with van der Waals surface area (Å²) in [6.07, 6.45) is 8.70. The molecule has 4 heterocycles. The van der Waals surface area contributed by atoms with Crippen molar-refractivity contribution in [2.45, 2.75) is 37.8 Å². The molecule has 7 rings (SSSR count). The molecule has 2 atom stereocenters. The molecule has 37 heavy (non-hydrogen) atoms. The standard InChI is InChI=1S/C31H32N6/c1-37-15-3-5-29(37)31-34-18-27(36-31)21-8-6-20(7-9-21)22-10-11-24-17-25(13-12-23(24)16-22)28-19-33-30(35-28)26-4-2-14-32-26/h6-13,16-19,26,29,32H,2-5,14-15H2,1H3,(H,33,35)(H,34,36). The fraction of sp³-hybridized carbons (Fsp3) is 0.290. The van der Waals surface area contributed by atoms with E-state index in [9.17, 15) is 0 Å². The Morgan fingerprint density at radius 3 is 2.08 bits per heavy atom. The molecular formula is C31H32N6. The van der Waals surface area contributed by atoms with Crippen molar-refractivity contribution < 1.29 is 0 Å². The van der Waals surface area contributed by atoms with Crippen LogP contribution in [0.15, 0.2) is 73.1 Å². The maximum absolute atomic E-state index is 4.68. The van der Waals surface area contributed by atoms with Crippen molar-refractivity contribution in [3.63, 3.8) is 0 Å². The molecule has 0 amide bonds. The number of benzene rings is 3. The lowest BCUT2D eigenvalue weighted by Crippen LogP contribution is -2.18. The zero-order valence-corrected chi connectivity index (χ0v) is 21.2. The van der Waals surface area contributed by atoms with Crippen LogP contribution >= 0.6 is 0 Å². The van der Waals surface area contributed by atoms with Crippen LogP contribution in [0.2, 0.25) is 0 Å². The van der Waals surface area contributed by atoms with E-state index in [-0.39, 0.29) is 0 Å². The first-order chi connectivity index (χ1) is 18.2. The van der Waals surface area contributed by atoms with Gasteiger partial charge in [-0.25, -0.2) is 9.97 Å². The van der Waals surface area contributed by atoms with E-state index in [1.165, 1.54) is 52.3 Å². The third kappa shape index (κ3) is 4.26. The van der Waals surface area contributed by atoms with E-state index in [2.05, 4.69) is 97.9 Å². The average Bonchev–Trinajstić information content (AvgIpc) is 3.75. The number of rotatable bonds is 5. The summed E-state index contributed by atoms with van der Waals surface area (Å²) in [4.78, 5) is 18.8. The molecule has 6 heteroatoms. The molecule has 2 unspecified atom stereocenters. The van der Waals surface area contributed by atoms with E-state index in [1.807, 2.05) is 12.4 Å². The summed E-state index contributed by atoms with van der Waals surface area (Å²) in [6, 6.07) is 22.9. The van der Waals surface area contributed by atoms with E-state index in [1.54, 1.807) is 0 Å². The van der Waals surface area contributed by atoms with Crippen LogP contribution in [0.25, 0.3) is 44.4 Å². The Morgan fingerprint density at radius 2 is 1.35 bits per heavy atom. The summed E-state index contributed by atoms with van der Waals surface area (Å²) in [6.45, 7) is 2.22. The SMILES string of the molecule is CN1CCCC1c1ncc(-c2ccc(-c3ccc4cc(-c5cnc(C6CCCN6)[nH]5)ccc4c3)cc2)[nH]1. The number of nitrogens with one attached hydrogen (secondary N) is 3. The highest BCUT2D eigenvalue weighted by molar-refractivity contribution is 5.90. The van der Waals surface area contributed by atoms with Gasteiger partial charge in [-0.05, 0) is 85.4 Å². The van der Waals surface area contributed by atoms with Gasteiger partial charge in [0.1, 0.15) is 11.6 Å². The van der Waals surface area contributed by atoms with Crippen molar-refractivity contribution in [2.24, 2.45) is 0 Å². The molecule has 2 aromatic heterocycles. The van der Waals surface area contributed by atoms with Crippen LogP contribution < -0.4 is 5.32 Å². The Labute approximate surface area is 217 Å². The molecule has 186 valence electrons. The molecule has 3 N–H and O–H groups in total. The number of H-pyrrole nitrogens is 2. The van der Waals surface area contributed by atoms with E-state index in [0.29, 0.717) is 12.1 Å². The maximum Gasteiger partial charge on any atom is 0.123 e. The lowest BCUT2D eigenvalue weighted by Gasteiger charge is -2.16. The second-order valence-electron chi connectivity index (χ2n) is 10.5. The van der Waals surface area contributed by atoms with Gasteiger partial charge in [0.25, 0.3) is 0 Å². The maximum atomic E-state index is 4.68. The predicted octanol–water partition coefficient (Wildman–Crippen LogP) is 6.48. The molecule has 2 aliphatic rings. The zero-order valence-electron chi connectivity index (χ0n) is 21.2. The average molecular weight is 489 g/mol. The number of fused-ring (bicyclic) bond motifs is 1. The Balaban J connectivity index is 1.11. The van der Waals surface area contributed by atoms with E-state index in [0.717, 1.165) is 42.5 Å². The summed E-state index contributed by atoms with van der Waals surface area (Å²) in [5, 5.41) is 5.98. The number of likely N-dealkylation sites (tertiary alicyclic amines) is 1. The first-order valence-electron chi connectivity index (χ1n) is 13.4. The largest absolute Gasteiger partial charge is 0.341 e. The molecular weight excluding hydrogens is 456 g/mol. The minimum atomic E-state index is 0.354. The predicted molar refractivity (Wildman–Crippen MR) is 149 cm³/mol. The number of hydrogen-bond donors (Lipinski definition) is 3. The van der Waals surface area contributed by atoms with Gasteiger partial charge in [0.2, 0.25) is 0 Å². The van der Waals surface area contributed by atoms with Crippen molar-refractivity contribution in [1.29, 1.82) is 0 Å². The monoisotopic (exact) mass is 488 g/mol. The molecule has 2 aliphatic heterocycles. The number of imidazole rings is 2. The van der Waals surface area contributed by atoms with Gasteiger partial charge < -0.3 is 15.3 Å². The Morgan fingerprint density at radius 1 is 0.703 bits per heavy atom. The van der Waals surface area contributed by atoms with E-state index >= 15 is 0 Å². The van der Waals surface area contributed by atoms with Crippen molar-refractivity contribution >= 4 is 10.8 Å². The van der Waals surface area contributed by atoms with Gasteiger partial charge in [-0.2, -0.15) is 0 Å². The quantitative estimate of drug-likeness (QED) is 0.265. The fourth-order valence-electron chi connectivity index (χ4n) is 5.92. The smallest absolute Gasteiger partial charge is 0.123 e. The molecule has 0 spiro atoms. The summed E-state index contributed by atoms with van der Waals surface area (Å²) < 4.78 is 0. The van der Waals surface area contributed by atoms with E-state index < -0.39 is 0 Å². The fourth-order valence-corrected chi connectivity index (χ4v) is 5.92. The number of hydrogen-bond acceptors (Lipinski definition) is 4. The zero-order chi connectivity index (χ0) is 24.8. The lowest BCUT2D eigenvalue weighted by molar-refractivity contribution is 0.307. The van der Waals surface area contributed by atoms with E-state index in [4.69, 9.17) is 0 Å². The van der Waals surface area contributed by atoms with Gasteiger partial charge >= 0.3 is 0 Å². The van der Waals surface area contributed by atoms with Crippen LogP contribution in [0, 0.1) is 0 Å². The highest BCUT2D eigenvalue weighted by Gasteiger charge is 2.25. The molecule has 2 fully saturated rings. The highest BCUT2D eigenvalue weighted by atomic mass is 15.2. The van der Waals surface area contributed by atoms with Gasteiger partial charge in [0, 0.05) is 5.56 Å². The van der Waals surface area contributed by atoms with Crippen LogP contribution in [0.4, 0.5) is 0 Å². The molecule has 3 aromatic carbocycles. The van der Waals surface area contributed by atoms with Crippen LogP contribution in [0.3, 0.4) is 0 Å². The normalized spacial score (nSPS) is 20.2. The third-order valence-corrected chi connectivity index (χ3v) is 8.10. The van der Waals surface area contributed by atoms with Gasteiger partial charge in [0.05, 0.1) is 35.9 Å². The number of aromatic amines is 2. The first-order valence-corrected chi connectivity index (χ1v) is 13.4. The molecule has 2 saturated heterocycles. The molecule has 6 nitrogen and oxygen atoms in total. The molecule has 0 radical (unpaired) electrons. The second kappa shape index (κ2) is 9.29. The highest BCUT2D eigenvalue weighted by Crippen LogP contribution is 2.32. The van der Waals surface area contributed by atoms with Crippen molar-refractivity contribution in [1.82, 2.24) is 30.2 Å². The van der Waals surface area contributed by atoms with Crippen molar-refractivity contribution in [3.05, 3.63) is 84.7 Å². The summed E-state index contributed by atoms with van der Waals surface area (Å²) in [7, 11) is 2.18. The molecule has 5 aromatic rings. The third-order valence-electron chi connectivity index (χ3n) is 8.10. The van der Waals surface area contributed by atoms with Crippen LogP contribution in [0.1, 0.15) is 49.4 Å².